The molecule has 0 aromatic heterocycles. The summed E-state index contributed by atoms with van der Waals surface area (Å²) in [6.45, 7) is 3.69. The van der Waals surface area contributed by atoms with Crippen LogP contribution in [-0.4, -0.2) is 32.1 Å². The average Bonchev–Trinajstić information content (AvgIpc) is 2.48. The van der Waals surface area contributed by atoms with Gasteiger partial charge in [0.15, 0.2) is 0 Å². The molecule has 2 rings (SSSR count). The standard InChI is InChI=1S/C18H23O2P/c1-21(2,3,18(19)17-12-8-5-9-13-17)20-15-14-16-10-6-4-7-11-16/h4-13H,14-15H2,1-3H3. The van der Waals surface area contributed by atoms with Crippen molar-refractivity contribution < 1.29 is 9.32 Å². The molecule has 0 aliphatic heterocycles. The van der Waals surface area contributed by atoms with E-state index in [1.54, 1.807) is 0 Å². The maximum absolute atomic E-state index is 12.8. The van der Waals surface area contributed by atoms with Crippen molar-refractivity contribution in [3.8, 4) is 0 Å². The zero-order valence-electron chi connectivity index (χ0n) is 13.0. The van der Waals surface area contributed by atoms with Crippen LogP contribution >= 0.6 is 6.83 Å². The van der Waals surface area contributed by atoms with Crippen molar-refractivity contribution in [3.05, 3.63) is 71.8 Å². The van der Waals surface area contributed by atoms with Gasteiger partial charge in [-0.25, -0.2) is 0 Å². The average molecular weight is 302 g/mol. The molecule has 2 nitrogen and oxygen atoms in total. The predicted molar refractivity (Wildman–Crippen MR) is 91.6 cm³/mol. The number of hydrogen-bond donors (Lipinski definition) is 0. The fraction of sp³-hybridized carbons (Fsp3) is 0.278. The predicted octanol–water partition coefficient (Wildman–Crippen LogP) is 4.44. The molecular weight excluding hydrogens is 279 g/mol. The topological polar surface area (TPSA) is 26.3 Å². The third-order valence-corrected chi connectivity index (χ3v) is 6.22. The Bertz CT molecular complexity index is 597. The molecule has 2 aromatic carbocycles. The van der Waals surface area contributed by atoms with E-state index in [0.29, 0.717) is 6.61 Å². The summed E-state index contributed by atoms with van der Waals surface area (Å²) in [6, 6.07) is 19.6. The maximum atomic E-state index is 12.8. The molecule has 0 saturated carbocycles. The first-order valence-corrected chi connectivity index (χ1v) is 10.7. The van der Waals surface area contributed by atoms with Crippen LogP contribution in [0.3, 0.4) is 0 Å². The van der Waals surface area contributed by atoms with Crippen LogP contribution in [0.2, 0.25) is 0 Å². The van der Waals surface area contributed by atoms with Gasteiger partial charge >= 0.3 is 126 Å². The molecule has 0 atom stereocenters. The zero-order valence-corrected chi connectivity index (χ0v) is 13.8. The molecule has 0 radical (unpaired) electrons. The number of carbonyl (C=O) groups excluding carboxylic acids is 1. The van der Waals surface area contributed by atoms with Gasteiger partial charge < -0.3 is 0 Å². The van der Waals surface area contributed by atoms with E-state index < -0.39 is 6.83 Å². The summed E-state index contributed by atoms with van der Waals surface area (Å²) in [7, 11) is 0. The van der Waals surface area contributed by atoms with E-state index in [1.807, 2.05) is 68.5 Å². The number of benzene rings is 2. The first-order chi connectivity index (χ1) is 9.87. The summed E-state index contributed by atoms with van der Waals surface area (Å²) >= 11 is 0. The Balaban J connectivity index is 2.04. The Kier molecular flexibility index (Phi) is 4.61. The summed E-state index contributed by atoms with van der Waals surface area (Å²) in [5, 5.41) is 0. The second kappa shape index (κ2) is 6.09. The van der Waals surface area contributed by atoms with E-state index in [2.05, 4.69) is 12.1 Å². The van der Waals surface area contributed by atoms with E-state index >= 15 is 0 Å². The normalized spacial score (nSPS) is 13.4. The molecule has 0 unspecified atom stereocenters. The van der Waals surface area contributed by atoms with Gasteiger partial charge in [-0.15, -0.1) is 0 Å². The third kappa shape index (κ3) is 4.23. The van der Waals surface area contributed by atoms with Crippen LogP contribution in [0.5, 0.6) is 0 Å². The Morgan fingerprint density at radius 3 is 2.00 bits per heavy atom. The van der Waals surface area contributed by atoms with Gasteiger partial charge in [-0.1, -0.05) is 0 Å². The molecule has 0 amide bonds. The summed E-state index contributed by atoms with van der Waals surface area (Å²) in [6.07, 6.45) is 0.830. The molecule has 2 aromatic rings. The van der Waals surface area contributed by atoms with Crippen molar-refractivity contribution in [2.75, 3.05) is 26.6 Å². The first kappa shape index (κ1) is 15.9. The van der Waals surface area contributed by atoms with Crippen LogP contribution in [0.25, 0.3) is 0 Å². The molecule has 0 saturated heterocycles. The van der Waals surface area contributed by atoms with Crippen molar-refractivity contribution >= 4 is 12.4 Å². The van der Waals surface area contributed by atoms with Crippen LogP contribution in [0.1, 0.15) is 15.9 Å². The monoisotopic (exact) mass is 302 g/mol. The van der Waals surface area contributed by atoms with Gasteiger partial charge in [-0.05, 0) is 0 Å². The fourth-order valence-electron chi connectivity index (χ4n) is 2.21. The van der Waals surface area contributed by atoms with Gasteiger partial charge in [0.1, 0.15) is 0 Å². The van der Waals surface area contributed by atoms with E-state index in [0.717, 1.165) is 12.0 Å². The number of carbonyl (C=O) groups is 1. The minimum atomic E-state index is -2.82. The zero-order chi connectivity index (χ0) is 15.4. The summed E-state index contributed by atoms with van der Waals surface area (Å²) in [4.78, 5) is 12.8. The number of rotatable bonds is 6. The van der Waals surface area contributed by atoms with E-state index in [4.69, 9.17) is 4.52 Å². The molecule has 3 heteroatoms. The summed E-state index contributed by atoms with van der Waals surface area (Å²) < 4.78 is 6.12. The Labute approximate surface area is 127 Å². The van der Waals surface area contributed by atoms with Gasteiger partial charge in [0.05, 0.1) is 0 Å². The summed E-state index contributed by atoms with van der Waals surface area (Å²) in [5.41, 5.74) is 2.11. The molecule has 0 aliphatic carbocycles. The van der Waals surface area contributed by atoms with Crippen LogP contribution in [-0.2, 0) is 10.9 Å². The van der Waals surface area contributed by atoms with Gasteiger partial charge in [-0.3, -0.25) is 0 Å². The molecule has 0 spiro atoms. The van der Waals surface area contributed by atoms with E-state index in [9.17, 15) is 4.79 Å². The van der Waals surface area contributed by atoms with Gasteiger partial charge in [0, 0.05) is 0 Å². The van der Waals surface area contributed by atoms with Crippen LogP contribution in [0, 0.1) is 0 Å². The second-order valence-corrected chi connectivity index (χ2v) is 12.4. The Hall–Kier alpha value is -1.50. The van der Waals surface area contributed by atoms with Crippen molar-refractivity contribution in [3.63, 3.8) is 0 Å². The SMILES string of the molecule is CP(C)(C)(OCCc1ccccc1)C(=O)c1ccccc1. The van der Waals surface area contributed by atoms with Gasteiger partial charge in [0.25, 0.3) is 0 Å². The quantitative estimate of drug-likeness (QED) is 0.737. The molecule has 0 fully saturated rings. The van der Waals surface area contributed by atoms with E-state index in [-0.39, 0.29) is 5.52 Å². The minimum absolute atomic E-state index is 0.134. The van der Waals surface area contributed by atoms with Crippen molar-refractivity contribution in [2.24, 2.45) is 0 Å². The Morgan fingerprint density at radius 2 is 1.43 bits per heavy atom. The van der Waals surface area contributed by atoms with Crippen LogP contribution in [0.4, 0.5) is 0 Å². The van der Waals surface area contributed by atoms with Crippen LogP contribution in [0.15, 0.2) is 60.7 Å². The molecule has 0 N–H and O–H groups in total. The molecule has 21 heavy (non-hydrogen) atoms. The number of hydrogen-bond acceptors (Lipinski definition) is 2. The molecule has 0 heterocycles. The fourth-order valence-corrected chi connectivity index (χ4v) is 4.08. The molecule has 112 valence electrons. The van der Waals surface area contributed by atoms with Gasteiger partial charge in [-0.2, -0.15) is 0 Å². The van der Waals surface area contributed by atoms with Crippen molar-refractivity contribution in [2.45, 2.75) is 6.42 Å². The first-order valence-electron chi connectivity index (χ1n) is 7.17. The molecule has 0 aliphatic rings. The second-order valence-electron chi connectivity index (χ2n) is 6.39. The van der Waals surface area contributed by atoms with E-state index in [1.165, 1.54) is 5.56 Å². The third-order valence-electron chi connectivity index (χ3n) is 3.49. The van der Waals surface area contributed by atoms with Crippen molar-refractivity contribution in [1.29, 1.82) is 0 Å². The summed E-state index contributed by atoms with van der Waals surface area (Å²) in [5.74, 6) is 0. The molecular formula is C18H23O2P. The molecule has 0 bridgehead atoms. The Morgan fingerprint density at radius 1 is 0.905 bits per heavy atom. The van der Waals surface area contributed by atoms with Crippen molar-refractivity contribution in [1.82, 2.24) is 0 Å². The van der Waals surface area contributed by atoms with Crippen LogP contribution < -0.4 is 0 Å². The van der Waals surface area contributed by atoms with Gasteiger partial charge in [0.2, 0.25) is 0 Å².